The summed E-state index contributed by atoms with van der Waals surface area (Å²) in [5, 5.41) is 3.38. The quantitative estimate of drug-likeness (QED) is 0.816. The Bertz CT molecular complexity index is 292. The molecule has 2 saturated heterocycles. The van der Waals surface area contributed by atoms with Gasteiger partial charge in [0.15, 0.2) is 0 Å². The standard InChI is InChI=1S/C14H24N2O2/c17-14(13-3-1-2-7-15-13)16(12-4-5-12)9-11-6-8-18-10-11/h11-13,15H,1-10H2/t11?,13-/m1/s1. The Balaban J connectivity index is 1.59. The third kappa shape index (κ3) is 2.86. The zero-order valence-electron chi connectivity index (χ0n) is 11.1. The van der Waals surface area contributed by atoms with E-state index in [4.69, 9.17) is 4.74 Å². The van der Waals surface area contributed by atoms with Crippen molar-refractivity contribution in [1.82, 2.24) is 10.2 Å². The van der Waals surface area contributed by atoms with E-state index < -0.39 is 0 Å². The minimum absolute atomic E-state index is 0.0849. The van der Waals surface area contributed by atoms with Gasteiger partial charge < -0.3 is 15.0 Å². The number of piperidine rings is 1. The monoisotopic (exact) mass is 252 g/mol. The van der Waals surface area contributed by atoms with Crippen molar-refractivity contribution in [2.24, 2.45) is 5.92 Å². The molecule has 1 saturated carbocycles. The molecule has 4 heteroatoms. The third-order valence-electron chi connectivity index (χ3n) is 4.36. The van der Waals surface area contributed by atoms with Crippen molar-refractivity contribution in [2.75, 3.05) is 26.3 Å². The molecular weight excluding hydrogens is 228 g/mol. The number of rotatable bonds is 4. The second-order valence-electron chi connectivity index (χ2n) is 5.95. The van der Waals surface area contributed by atoms with E-state index in [9.17, 15) is 4.79 Å². The Kier molecular flexibility index (Phi) is 3.85. The van der Waals surface area contributed by atoms with Crippen LogP contribution in [0.2, 0.25) is 0 Å². The summed E-state index contributed by atoms with van der Waals surface area (Å²) in [7, 11) is 0. The highest BCUT2D eigenvalue weighted by Gasteiger charge is 2.37. The van der Waals surface area contributed by atoms with Gasteiger partial charge in [-0.1, -0.05) is 6.42 Å². The lowest BCUT2D eigenvalue weighted by Gasteiger charge is -2.31. The summed E-state index contributed by atoms with van der Waals surface area (Å²) in [6.07, 6.45) is 6.94. The summed E-state index contributed by atoms with van der Waals surface area (Å²) in [4.78, 5) is 14.7. The fourth-order valence-electron chi connectivity index (χ4n) is 3.07. The minimum Gasteiger partial charge on any atom is -0.381 e. The van der Waals surface area contributed by atoms with E-state index in [-0.39, 0.29) is 6.04 Å². The van der Waals surface area contributed by atoms with E-state index in [2.05, 4.69) is 10.2 Å². The molecule has 1 unspecified atom stereocenters. The Morgan fingerprint density at radius 3 is 2.72 bits per heavy atom. The Hall–Kier alpha value is -0.610. The van der Waals surface area contributed by atoms with E-state index in [1.165, 1.54) is 25.7 Å². The molecule has 0 radical (unpaired) electrons. The Morgan fingerprint density at radius 1 is 1.22 bits per heavy atom. The van der Waals surface area contributed by atoms with Gasteiger partial charge in [0.2, 0.25) is 5.91 Å². The lowest BCUT2D eigenvalue weighted by molar-refractivity contribution is -0.135. The van der Waals surface area contributed by atoms with Crippen molar-refractivity contribution >= 4 is 5.91 Å². The molecule has 18 heavy (non-hydrogen) atoms. The predicted octanol–water partition coefficient (Wildman–Crippen LogP) is 1.16. The first-order valence-corrected chi connectivity index (χ1v) is 7.46. The van der Waals surface area contributed by atoms with Crippen LogP contribution in [-0.4, -0.2) is 49.2 Å². The minimum atomic E-state index is 0.0849. The van der Waals surface area contributed by atoms with Crippen molar-refractivity contribution in [2.45, 2.75) is 50.6 Å². The molecule has 1 N–H and O–H groups in total. The topological polar surface area (TPSA) is 41.6 Å². The summed E-state index contributed by atoms with van der Waals surface area (Å²) < 4.78 is 5.43. The summed E-state index contributed by atoms with van der Waals surface area (Å²) in [5.41, 5.74) is 0. The summed E-state index contributed by atoms with van der Waals surface area (Å²) in [6, 6.07) is 0.614. The lowest BCUT2D eigenvalue weighted by Crippen LogP contribution is -2.50. The van der Waals surface area contributed by atoms with Crippen LogP contribution in [0.3, 0.4) is 0 Å². The average Bonchev–Trinajstić information content (AvgIpc) is 3.13. The van der Waals surface area contributed by atoms with Crippen molar-refractivity contribution in [1.29, 1.82) is 0 Å². The molecule has 4 nitrogen and oxygen atoms in total. The number of carbonyl (C=O) groups excluding carboxylic acids is 1. The molecule has 0 aromatic heterocycles. The summed E-state index contributed by atoms with van der Waals surface area (Å²) >= 11 is 0. The van der Waals surface area contributed by atoms with E-state index in [0.29, 0.717) is 17.9 Å². The van der Waals surface area contributed by atoms with Crippen LogP contribution in [0.25, 0.3) is 0 Å². The molecule has 102 valence electrons. The molecule has 0 aromatic rings. The highest BCUT2D eigenvalue weighted by Crippen LogP contribution is 2.30. The fraction of sp³-hybridized carbons (Fsp3) is 0.929. The van der Waals surface area contributed by atoms with Gasteiger partial charge in [-0.3, -0.25) is 4.79 Å². The number of ether oxygens (including phenoxy) is 1. The maximum atomic E-state index is 12.6. The van der Waals surface area contributed by atoms with Gasteiger partial charge in [-0.05, 0) is 38.6 Å². The van der Waals surface area contributed by atoms with Gasteiger partial charge in [-0.2, -0.15) is 0 Å². The highest BCUT2D eigenvalue weighted by atomic mass is 16.5. The normalized spacial score (nSPS) is 32.4. The van der Waals surface area contributed by atoms with E-state index in [1.807, 2.05) is 0 Å². The molecular formula is C14H24N2O2. The number of carbonyl (C=O) groups is 1. The van der Waals surface area contributed by atoms with E-state index >= 15 is 0 Å². The summed E-state index contributed by atoms with van der Waals surface area (Å²) in [5.74, 6) is 0.919. The third-order valence-corrected chi connectivity index (χ3v) is 4.36. The van der Waals surface area contributed by atoms with Gasteiger partial charge in [-0.15, -0.1) is 0 Å². The van der Waals surface area contributed by atoms with Crippen molar-refractivity contribution in [3.05, 3.63) is 0 Å². The number of hydrogen-bond donors (Lipinski definition) is 1. The van der Waals surface area contributed by atoms with Gasteiger partial charge in [0.05, 0.1) is 12.6 Å². The van der Waals surface area contributed by atoms with Crippen molar-refractivity contribution in [3.63, 3.8) is 0 Å². The first kappa shape index (κ1) is 12.4. The molecule has 2 heterocycles. The number of nitrogens with one attached hydrogen (secondary N) is 1. The fourth-order valence-corrected chi connectivity index (χ4v) is 3.07. The van der Waals surface area contributed by atoms with Gasteiger partial charge in [0.25, 0.3) is 0 Å². The first-order chi connectivity index (χ1) is 8.84. The van der Waals surface area contributed by atoms with E-state index in [0.717, 1.165) is 39.1 Å². The van der Waals surface area contributed by atoms with Gasteiger partial charge in [0.1, 0.15) is 0 Å². The van der Waals surface area contributed by atoms with Crippen LogP contribution in [0, 0.1) is 5.92 Å². The first-order valence-electron chi connectivity index (χ1n) is 7.46. The van der Waals surface area contributed by atoms with Crippen LogP contribution in [0.1, 0.15) is 38.5 Å². The smallest absolute Gasteiger partial charge is 0.239 e. The highest BCUT2D eigenvalue weighted by molar-refractivity contribution is 5.82. The zero-order valence-corrected chi connectivity index (χ0v) is 11.1. The molecule has 0 spiro atoms. The number of amides is 1. The molecule has 1 aliphatic carbocycles. The van der Waals surface area contributed by atoms with Crippen LogP contribution in [-0.2, 0) is 9.53 Å². The van der Waals surface area contributed by atoms with Gasteiger partial charge >= 0.3 is 0 Å². The Morgan fingerprint density at radius 2 is 2.11 bits per heavy atom. The van der Waals surface area contributed by atoms with Crippen LogP contribution < -0.4 is 5.32 Å². The number of hydrogen-bond acceptors (Lipinski definition) is 3. The van der Waals surface area contributed by atoms with Crippen LogP contribution in [0.5, 0.6) is 0 Å². The van der Waals surface area contributed by atoms with Crippen LogP contribution in [0.15, 0.2) is 0 Å². The second-order valence-corrected chi connectivity index (χ2v) is 5.95. The van der Waals surface area contributed by atoms with Crippen molar-refractivity contribution in [3.8, 4) is 0 Å². The lowest BCUT2D eigenvalue weighted by atomic mass is 10.0. The molecule has 2 atom stereocenters. The van der Waals surface area contributed by atoms with Gasteiger partial charge in [-0.25, -0.2) is 0 Å². The Labute approximate surface area is 109 Å². The zero-order chi connectivity index (χ0) is 12.4. The largest absolute Gasteiger partial charge is 0.381 e. The van der Waals surface area contributed by atoms with Crippen LogP contribution >= 0.6 is 0 Å². The van der Waals surface area contributed by atoms with Gasteiger partial charge in [0, 0.05) is 25.1 Å². The average molecular weight is 252 g/mol. The second kappa shape index (κ2) is 5.57. The molecule has 1 amide bonds. The van der Waals surface area contributed by atoms with Crippen LogP contribution in [0.4, 0.5) is 0 Å². The molecule has 0 aromatic carbocycles. The molecule has 2 aliphatic heterocycles. The molecule has 3 rings (SSSR count). The number of nitrogens with zero attached hydrogens (tertiary/aromatic N) is 1. The summed E-state index contributed by atoms with van der Waals surface area (Å²) in [6.45, 7) is 3.64. The maximum absolute atomic E-state index is 12.6. The molecule has 3 aliphatic rings. The molecule has 0 bridgehead atoms. The molecule has 3 fully saturated rings. The predicted molar refractivity (Wildman–Crippen MR) is 69.3 cm³/mol. The SMILES string of the molecule is O=C([C@H]1CCCCN1)N(CC1CCOC1)C1CC1. The van der Waals surface area contributed by atoms with Crippen molar-refractivity contribution < 1.29 is 9.53 Å². The van der Waals surface area contributed by atoms with E-state index in [1.54, 1.807) is 0 Å². The maximum Gasteiger partial charge on any atom is 0.239 e.